The average Bonchev–Trinajstić information content (AvgIpc) is 3.12. The molecule has 3 rings (SSSR count). The van der Waals surface area contributed by atoms with Crippen LogP contribution in [0.25, 0.3) is 0 Å². The van der Waals surface area contributed by atoms with Crippen molar-refractivity contribution in [1.29, 1.82) is 0 Å². The van der Waals surface area contributed by atoms with Crippen LogP contribution >= 0.6 is 11.3 Å². The van der Waals surface area contributed by atoms with Gasteiger partial charge in [-0.15, -0.1) is 11.3 Å². The molecule has 1 aliphatic carbocycles. The SMILES string of the molecule is Cc1ccsc1[C@@H]1C[C@@H]1C(=O)N1CCO[C@@H](C(=O)O)C1. The number of aliphatic carboxylic acids is 1. The van der Waals surface area contributed by atoms with Crippen molar-refractivity contribution in [3.63, 3.8) is 0 Å². The van der Waals surface area contributed by atoms with E-state index < -0.39 is 12.1 Å². The predicted molar refractivity (Wildman–Crippen MR) is 73.9 cm³/mol. The smallest absolute Gasteiger partial charge is 0.334 e. The Hall–Kier alpha value is -1.40. The monoisotopic (exact) mass is 295 g/mol. The number of hydrogen-bond donors (Lipinski definition) is 1. The van der Waals surface area contributed by atoms with E-state index in [0.717, 1.165) is 6.42 Å². The zero-order valence-corrected chi connectivity index (χ0v) is 12.1. The third-order valence-corrected chi connectivity index (χ3v) is 5.15. The Labute approximate surface area is 121 Å². The summed E-state index contributed by atoms with van der Waals surface area (Å²) in [7, 11) is 0. The molecule has 2 heterocycles. The van der Waals surface area contributed by atoms with Gasteiger partial charge < -0.3 is 14.7 Å². The van der Waals surface area contributed by atoms with Gasteiger partial charge in [-0.3, -0.25) is 4.79 Å². The quantitative estimate of drug-likeness (QED) is 0.917. The van der Waals surface area contributed by atoms with E-state index in [1.54, 1.807) is 16.2 Å². The number of nitrogens with zero attached hydrogens (tertiary/aromatic N) is 1. The Morgan fingerprint density at radius 3 is 2.95 bits per heavy atom. The highest BCUT2D eigenvalue weighted by atomic mass is 32.1. The molecule has 3 atom stereocenters. The average molecular weight is 295 g/mol. The summed E-state index contributed by atoms with van der Waals surface area (Å²) < 4.78 is 5.15. The molecular weight excluding hydrogens is 278 g/mol. The van der Waals surface area contributed by atoms with Gasteiger partial charge in [0.05, 0.1) is 13.2 Å². The third kappa shape index (κ3) is 2.45. The molecule has 1 saturated carbocycles. The number of hydrogen-bond acceptors (Lipinski definition) is 4. The van der Waals surface area contributed by atoms with Crippen LogP contribution in [0.2, 0.25) is 0 Å². The standard InChI is InChI=1S/C14H17NO4S/c1-8-2-5-20-12(8)9-6-10(9)13(16)15-3-4-19-11(7-15)14(17)18/h2,5,9-11H,3-4,6-7H2,1H3,(H,17,18)/t9-,10+,11-/m1/s1. The molecule has 5 nitrogen and oxygen atoms in total. The molecule has 0 radical (unpaired) electrons. The second-order valence-electron chi connectivity index (χ2n) is 5.40. The molecule has 0 spiro atoms. The number of morpholine rings is 1. The van der Waals surface area contributed by atoms with E-state index in [2.05, 4.69) is 18.4 Å². The van der Waals surface area contributed by atoms with E-state index in [-0.39, 0.29) is 18.4 Å². The molecule has 1 amide bonds. The second-order valence-corrected chi connectivity index (χ2v) is 6.35. The molecule has 1 aliphatic heterocycles. The highest BCUT2D eigenvalue weighted by molar-refractivity contribution is 7.10. The first kappa shape index (κ1) is 13.6. The summed E-state index contributed by atoms with van der Waals surface area (Å²) in [6.45, 7) is 3.04. The summed E-state index contributed by atoms with van der Waals surface area (Å²) in [5.41, 5.74) is 1.25. The maximum atomic E-state index is 12.4. The Bertz CT molecular complexity index is 541. The number of amides is 1. The minimum Gasteiger partial charge on any atom is -0.479 e. The van der Waals surface area contributed by atoms with Crippen molar-refractivity contribution in [2.24, 2.45) is 5.92 Å². The van der Waals surface area contributed by atoms with Gasteiger partial charge in [-0.1, -0.05) is 0 Å². The lowest BCUT2D eigenvalue weighted by Gasteiger charge is -2.31. The van der Waals surface area contributed by atoms with Crippen LogP contribution < -0.4 is 0 Å². The Kier molecular flexibility index (Phi) is 3.52. The summed E-state index contributed by atoms with van der Waals surface area (Å²) in [5, 5.41) is 11.0. The van der Waals surface area contributed by atoms with Gasteiger partial charge in [0.1, 0.15) is 0 Å². The second kappa shape index (κ2) is 5.18. The van der Waals surface area contributed by atoms with Crippen LogP contribution in [0.4, 0.5) is 0 Å². The number of thiophene rings is 1. The van der Waals surface area contributed by atoms with Crippen molar-refractivity contribution in [3.05, 3.63) is 21.9 Å². The van der Waals surface area contributed by atoms with Gasteiger partial charge in [0, 0.05) is 23.3 Å². The van der Waals surface area contributed by atoms with Gasteiger partial charge in [-0.25, -0.2) is 4.79 Å². The van der Waals surface area contributed by atoms with Crippen LogP contribution in [0.5, 0.6) is 0 Å². The third-order valence-electron chi connectivity index (χ3n) is 4.00. The first-order chi connectivity index (χ1) is 9.58. The van der Waals surface area contributed by atoms with Crippen LogP contribution in [0.15, 0.2) is 11.4 Å². The molecule has 1 aromatic heterocycles. The van der Waals surface area contributed by atoms with Crippen LogP contribution in [-0.2, 0) is 14.3 Å². The molecule has 0 aromatic carbocycles. The van der Waals surface area contributed by atoms with Gasteiger partial charge in [0.2, 0.25) is 5.91 Å². The number of carboxylic acid groups (broad SMARTS) is 1. The van der Waals surface area contributed by atoms with E-state index in [4.69, 9.17) is 9.84 Å². The lowest BCUT2D eigenvalue weighted by atomic mass is 10.1. The first-order valence-corrected chi connectivity index (χ1v) is 7.63. The summed E-state index contributed by atoms with van der Waals surface area (Å²) in [4.78, 5) is 26.3. The van der Waals surface area contributed by atoms with Crippen molar-refractivity contribution >= 4 is 23.2 Å². The largest absolute Gasteiger partial charge is 0.479 e. The number of aryl methyl sites for hydroxylation is 1. The number of ether oxygens (including phenoxy) is 1. The molecule has 1 N–H and O–H groups in total. The fraction of sp³-hybridized carbons (Fsp3) is 0.571. The molecule has 6 heteroatoms. The molecule has 2 fully saturated rings. The molecule has 1 aromatic rings. The topological polar surface area (TPSA) is 66.8 Å². The van der Waals surface area contributed by atoms with Crippen LogP contribution in [0, 0.1) is 12.8 Å². The number of carbonyl (C=O) groups excluding carboxylic acids is 1. The van der Waals surface area contributed by atoms with Crippen LogP contribution in [-0.4, -0.2) is 47.7 Å². The maximum absolute atomic E-state index is 12.4. The fourth-order valence-electron chi connectivity index (χ4n) is 2.76. The molecule has 2 aliphatic rings. The molecule has 0 bridgehead atoms. The van der Waals surface area contributed by atoms with E-state index in [9.17, 15) is 9.59 Å². The van der Waals surface area contributed by atoms with Gasteiger partial charge in [0.25, 0.3) is 0 Å². The van der Waals surface area contributed by atoms with Gasteiger partial charge in [0.15, 0.2) is 6.10 Å². The zero-order valence-electron chi connectivity index (χ0n) is 11.2. The summed E-state index contributed by atoms with van der Waals surface area (Å²) >= 11 is 1.70. The van der Waals surface area contributed by atoms with Crippen molar-refractivity contribution < 1.29 is 19.4 Å². The number of carboxylic acids is 1. The zero-order chi connectivity index (χ0) is 14.3. The van der Waals surface area contributed by atoms with Crippen molar-refractivity contribution in [1.82, 2.24) is 4.90 Å². The molecular formula is C14H17NO4S. The summed E-state index contributed by atoms with van der Waals surface area (Å²) in [6.07, 6.45) is 0.00307. The van der Waals surface area contributed by atoms with Crippen molar-refractivity contribution in [3.8, 4) is 0 Å². The summed E-state index contributed by atoms with van der Waals surface area (Å²) in [6, 6.07) is 2.08. The van der Waals surface area contributed by atoms with Gasteiger partial charge in [-0.05, 0) is 30.4 Å². The van der Waals surface area contributed by atoms with Gasteiger partial charge in [-0.2, -0.15) is 0 Å². The Morgan fingerprint density at radius 2 is 2.30 bits per heavy atom. The van der Waals surface area contributed by atoms with E-state index in [0.29, 0.717) is 19.1 Å². The molecule has 1 saturated heterocycles. The lowest BCUT2D eigenvalue weighted by molar-refractivity contribution is -0.159. The van der Waals surface area contributed by atoms with Crippen molar-refractivity contribution in [2.45, 2.75) is 25.4 Å². The van der Waals surface area contributed by atoms with Crippen LogP contribution in [0.3, 0.4) is 0 Å². The fourth-order valence-corrected chi connectivity index (χ4v) is 3.86. The highest BCUT2D eigenvalue weighted by Crippen LogP contribution is 2.51. The molecule has 20 heavy (non-hydrogen) atoms. The van der Waals surface area contributed by atoms with Crippen LogP contribution in [0.1, 0.15) is 22.8 Å². The number of rotatable bonds is 3. The maximum Gasteiger partial charge on any atom is 0.334 e. The van der Waals surface area contributed by atoms with Gasteiger partial charge >= 0.3 is 5.97 Å². The molecule has 108 valence electrons. The number of carbonyl (C=O) groups is 2. The lowest BCUT2D eigenvalue weighted by Crippen LogP contribution is -2.49. The van der Waals surface area contributed by atoms with E-state index >= 15 is 0 Å². The first-order valence-electron chi connectivity index (χ1n) is 6.75. The van der Waals surface area contributed by atoms with Crippen molar-refractivity contribution in [2.75, 3.05) is 19.7 Å². The van der Waals surface area contributed by atoms with E-state index in [1.807, 2.05) is 0 Å². The predicted octanol–water partition coefficient (Wildman–Crippen LogP) is 1.47. The Balaban J connectivity index is 1.63. The highest BCUT2D eigenvalue weighted by Gasteiger charge is 2.47. The minimum atomic E-state index is -0.996. The normalized spacial score (nSPS) is 29.2. The Morgan fingerprint density at radius 1 is 1.50 bits per heavy atom. The minimum absolute atomic E-state index is 0.0277. The summed E-state index contributed by atoms with van der Waals surface area (Å²) in [5.74, 6) is -0.560. The van der Waals surface area contributed by atoms with E-state index in [1.165, 1.54) is 10.4 Å². The molecule has 0 unspecified atom stereocenters.